The maximum atomic E-state index is 13.1. The molecule has 1 aromatic carbocycles. The number of hydrogen-bond donors (Lipinski definition) is 0. The van der Waals surface area contributed by atoms with Crippen molar-refractivity contribution < 1.29 is 13.9 Å². The first-order chi connectivity index (χ1) is 9.22. The van der Waals surface area contributed by atoms with Crippen molar-refractivity contribution in [2.45, 2.75) is 6.42 Å². The summed E-state index contributed by atoms with van der Waals surface area (Å²) in [4.78, 5) is 2.01. The molecule has 0 atom stereocenters. The van der Waals surface area contributed by atoms with Gasteiger partial charge in [-0.15, -0.1) is 0 Å². The highest BCUT2D eigenvalue weighted by atomic mass is 19.1. The molecule has 0 aromatic heterocycles. The minimum atomic E-state index is -0.399. The second-order valence-electron chi connectivity index (χ2n) is 4.10. The molecule has 19 heavy (non-hydrogen) atoms. The van der Waals surface area contributed by atoms with Gasteiger partial charge in [-0.05, 0) is 24.6 Å². The molecule has 0 saturated carbocycles. The largest absolute Gasteiger partial charge is 0.385 e. The minimum Gasteiger partial charge on any atom is -0.385 e. The average molecular weight is 266 g/mol. The number of methoxy groups -OCH3 is 2. The van der Waals surface area contributed by atoms with E-state index in [9.17, 15) is 4.39 Å². The van der Waals surface area contributed by atoms with Gasteiger partial charge in [0.25, 0.3) is 0 Å². The van der Waals surface area contributed by atoms with Gasteiger partial charge in [0.05, 0.1) is 17.9 Å². The third-order valence-electron chi connectivity index (χ3n) is 2.76. The van der Waals surface area contributed by atoms with Crippen LogP contribution in [-0.4, -0.2) is 40.5 Å². The van der Waals surface area contributed by atoms with Crippen molar-refractivity contribution in [1.82, 2.24) is 0 Å². The van der Waals surface area contributed by atoms with Crippen molar-refractivity contribution in [3.63, 3.8) is 0 Å². The van der Waals surface area contributed by atoms with Crippen LogP contribution in [0.4, 0.5) is 10.1 Å². The van der Waals surface area contributed by atoms with E-state index in [2.05, 4.69) is 0 Å². The third kappa shape index (κ3) is 4.86. The molecule has 0 aliphatic carbocycles. The van der Waals surface area contributed by atoms with E-state index in [0.29, 0.717) is 25.3 Å². The Kier molecular flexibility index (Phi) is 6.86. The van der Waals surface area contributed by atoms with Gasteiger partial charge >= 0.3 is 0 Å². The molecular weight excluding hydrogens is 247 g/mol. The fourth-order valence-electron chi connectivity index (χ4n) is 1.83. The van der Waals surface area contributed by atoms with E-state index in [4.69, 9.17) is 14.7 Å². The number of benzene rings is 1. The molecule has 0 aliphatic rings. The Morgan fingerprint density at radius 3 is 2.58 bits per heavy atom. The van der Waals surface area contributed by atoms with Gasteiger partial charge in [0, 0.05) is 33.9 Å². The van der Waals surface area contributed by atoms with E-state index >= 15 is 0 Å². The SMILES string of the molecule is COCCCN(CCOC)c1ccc(F)cc1C#N. The molecule has 1 rings (SSSR count). The Hall–Kier alpha value is -1.64. The lowest BCUT2D eigenvalue weighted by Crippen LogP contribution is -2.29. The fraction of sp³-hybridized carbons (Fsp3) is 0.500. The number of rotatable bonds is 8. The molecule has 0 radical (unpaired) electrons. The Balaban J connectivity index is 2.86. The van der Waals surface area contributed by atoms with Gasteiger partial charge in [0.1, 0.15) is 11.9 Å². The zero-order valence-corrected chi connectivity index (χ0v) is 11.4. The highest BCUT2D eigenvalue weighted by Gasteiger charge is 2.11. The van der Waals surface area contributed by atoms with E-state index < -0.39 is 5.82 Å². The van der Waals surface area contributed by atoms with E-state index in [-0.39, 0.29) is 0 Å². The van der Waals surface area contributed by atoms with Gasteiger partial charge in [0.15, 0.2) is 0 Å². The summed E-state index contributed by atoms with van der Waals surface area (Å²) >= 11 is 0. The lowest BCUT2D eigenvalue weighted by molar-refractivity contribution is 0.191. The number of nitrogens with zero attached hydrogens (tertiary/aromatic N) is 2. The molecule has 104 valence electrons. The van der Waals surface area contributed by atoms with Crippen LogP contribution in [0.25, 0.3) is 0 Å². The van der Waals surface area contributed by atoms with E-state index in [0.717, 1.165) is 18.7 Å². The van der Waals surface area contributed by atoms with Crippen LogP contribution in [0.5, 0.6) is 0 Å². The highest BCUT2D eigenvalue weighted by molar-refractivity contribution is 5.59. The van der Waals surface area contributed by atoms with Gasteiger partial charge in [-0.25, -0.2) is 4.39 Å². The van der Waals surface area contributed by atoms with E-state index in [1.165, 1.54) is 12.1 Å². The predicted octanol–water partition coefficient (Wildman–Crippen LogP) is 2.19. The Morgan fingerprint density at radius 2 is 1.95 bits per heavy atom. The number of anilines is 1. The van der Waals surface area contributed by atoms with Crippen LogP contribution < -0.4 is 4.90 Å². The highest BCUT2D eigenvalue weighted by Crippen LogP contribution is 2.21. The molecule has 0 saturated heterocycles. The van der Waals surface area contributed by atoms with Crippen LogP contribution >= 0.6 is 0 Å². The van der Waals surface area contributed by atoms with Gasteiger partial charge in [-0.1, -0.05) is 0 Å². The molecule has 0 fully saturated rings. The maximum Gasteiger partial charge on any atom is 0.124 e. The normalized spacial score (nSPS) is 10.2. The average Bonchev–Trinajstić information content (AvgIpc) is 2.43. The number of nitriles is 1. The minimum absolute atomic E-state index is 0.341. The molecule has 0 heterocycles. The number of hydrogen-bond acceptors (Lipinski definition) is 4. The van der Waals surface area contributed by atoms with Crippen molar-refractivity contribution in [1.29, 1.82) is 5.26 Å². The summed E-state index contributed by atoms with van der Waals surface area (Å²) in [6, 6.07) is 6.29. The maximum absolute atomic E-state index is 13.1. The molecule has 0 amide bonds. The van der Waals surface area contributed by atoms with Crippen LogP contribution in [0.2, 0.25) is 0 Å². The lowest BCUT2D eigenvalue weighted by atomic mass is 10.1. The summed E-state index contributed by atoms with van der Waals surface area (Å²) in [5.41, 5.74) is 1.07. The summed E-state index contributed by atoms with van der Waals surface area (Å²) in [5.74, 6) is -0.399. The number of halogens is 1. The molecule has 0 N–H and O–H groups in total. The Morgan fingerprint density at radius 1 is 1.21 bits per heavy atom. The summed E-state index contributed by atoms with van der Waals surface area (Å²) < 4.78 is 23.2. The molecular formula is C14H19FN2O2. The first-order valence-corrected chi connectivity index (χ1v) is 6.15. The third-order valence-corrected chi connectivity index (χ3v) is 2.76. The Labute approximate surface area is 113 Å². The van der Waals surface area contributed by atoms with Crippen LogP contribution in [0.1, 0.15) is 12.0 Å². The molecule has 0 unspecified atom stereocenters. The smallest absolute Gasteiger partial charge is 0.124 e. The van der Waals surface area contributed by atoms with Gasteiger partial charge in [0.2, 0.25) is 0 Å². The monoisotopic (exact) mass is 266 g/mol. The van der Waals surface area contributed by atoms with Crippen molar-refractivity contribution >= 4 is 5.69 Å². The van der Waals surface area contributed by atoms with Crippen molar-refractivity contribution in [3.8, 4) is 6.07 Å². The second-order valence-corrected chi connectivity index (χ2v) is 4.10. The zero-order chi connectivity index (χ0) is 14.1. The zero-order valence-electron chi connectivity index (χ0n) is 11.4. The lowest BCUT2D eigenvalue weighted by Gasteiger charge is -2.25. The second kappa shape index (κ2) is 8.46. The van der Waals surface area contributed by atoms with Gasteiger partial charge < -0.3 is 14.4 Å². The quantitative estimate of drug-likeness (QED) is 0.677. The van der Waals surface area contributed by atoms with Gasteiger partial charge in [-0.2, -0.15) is 5.26 Å². The fourth-order valence-corrected chi connectivity index (χ4v) is 1.83. The van der Waals surface area contributed by atoms with Crippen LogP contribution in [0.15, 0.2) is 18.2 Å². The van der Waals surface area contributed by atoms with Crippen molar-refractivity contribution in [2.75, 3.05) is 45.4 Å². The molecule has 0 aliphatic heterocycles. The Bertz CT molecular complexity index is 432. The number of ether oxygens (including phenoxy) is 2. The first-order valence-electron chi connectivity index (χ1n) is 6.15. The molecule has 4 nitrogen and oxygen atoms in total. The molecule has 0 spiro atoms. The van der Waals surface area contributed by atoms with E-state index in [1.54, 1.807) is 20.3 Å². The first kappa shape index (κ1) is 15.4. The molecule has 1 aromatic rings. The van der Waals surface area contributed by atoms with Gasteiger partial charge in [-0.3, -0.25) is 0 Å². The molecule has 5 heteroatoms. The van der Waals surface area contributed by atoms with Crippen LogP contribution in [-0.2, 0) is 9.47 Å². The summed E-state index contributed by atoms with van der Waals surface area (Å²) in [5, 5.41) is 9.09. The molecule has 0 bridgehead atoms. The standard InChI is InChI=1S/C14H19FN2O2/c1-18-8-3-6-17(7-9-19-2)14-5-4-13(15)10-12(14)11-16/h4-5,10H,3,6-9H2,1-2H3. The summed E-state index contributed by atoms with van der Waals surface area (Å²) in [7, 11) is 3.28. The summed E-state index contributed by atoms with van der Waals surface area (Å²) in [6.07, 6.45) is 0.836. The summed E-state index contributed by atoms with van der Waals surface area (Å²) in [6.45, 7) is 2.58. The van der Waals surface area contributed by atoms with E-state index in [1.807, 2.05) is 11.0 Å². The van der Waals surface area contributed by atoms with Crippen LogP contribution in [0, 0.1) is 17.1 Å². The van der Waals surface area contributed by atoms with Crippen molar-refractivity contribution in [2.24, 2.45) is 0 Å². The van der Waals surface area contributed by atoms with Crippen LogP contribution in [0.3, 0.4) is 0 Å². The van der Waals surface area contributed by atoms with Crippen molar-refractivity contribution in [3.05, 3.63) is 29.6 Å². The predicted molar refractivity (Wildman–Crippen MR) is 71.7 cm³/mol. The topological polar surface area (TPSA) is 45.5 Å².